The lowest BCUT2D eigenvalue weighted by Gasteiger charge is -2.17. The predicted octanol–water partition coefficient (Wildman–Crippen LogP) is 3.78. The SMILES string of the molecule is C=CCn1c(SCC(=O)N[C@@H](C)CC)nc2sc3c(c2c1=O)CC[C@H](C)C3. The molecule has 0 bridgehead atoms. The van der Waals surface area contributed by atoms with Gasteiger partial charge in [0.25, 0.3) is 5.56 Å². The van der Waals surface area contributed by atoms with Crippen LogP contribution in [0.4, 0.5) is 0 Å². The van der Waals surface area contributed by atoms with Gasteiger partial charge >= 0.3 is 0 Å². The summed E-state index contributed by atoms with van der Waals surface area (Å²) in [6, 6.07) is 0.148. The van der Waals surface area contributed by atoms with Gasteiger partial charge in [0.15, 0.2) is 5.16 Å². The van der Waals surface area contributed by atoms with E-state index in [1.807, 2.05) is 13.8 Å². The number of nitrogens with zero attached hydrogens (tertiary/aromatic N) is 2. The second-order valence-electron chi connectivity index (χ2n) is 7.30. The maximum absolute atomic E-state index is 13.2. The summed E-state index contributed by atoms with van der Waals surface area (Å²) < 4.78 is 1.65. The van der Waals surface area contributed by atoms with Crippen molar-refractivity contribution in [2.45, 2.75) is 64.2 Å². The molecule has 0 saturated heterocycles. The van der Waals surface area contributed by atoms with Gasteiger partial charge in [-0.25, -0.2) is 4.98 Å². The Bertz CT molecular complexity index is 916. The maximum atomic E-state index is 13.2. The number of rotatable bonds is 7. The lowest BCUT2D eigenvalue weighted by Crippen LogP contribution is -2.33. The highest BCUT2D eigenvalue weighted by molar-refractivity contribution is 7.99. The van der Waals surface area contributed by atoms with E-state index in [9.17, 15) is 9.59 Å². The van der Waals surface area contributed by atoms with Gasteiger partial charge in [0.1, 0.15) is 4.83 Å². The molecule has 0 saturated carbocycles. The molecular formula is C20H27N3O2S2. The molecular weight excluding hydrogens is 378 g/mol. The van der Waals surface area contributed by atoms with Crippen molar-refractivity contribution >= 4 is 39.2 Å². The van der Waals surface area contributed by atoms with Crippen molar-refractivity contribution in [2.75, 3.05) is 5.75 Å². The number of thioether (sulfide) groups is 1. The number of aryl methyl sites for hydroxylation is 1. The molecule has 0 spiro atoms. The van der Waals surface area contributed by atoms with Crippen LogP contribution in [0.25, 0.3) is 10.2 Å². The van der Waals surface area contributed by atoms with Crippen molar-refractivity contribution in [3.63, 3.8) is 0 Å². The zero-order valence-corrected chi connectivity index (χ0v) is 17.8. The average Bonchev–Trinajstić information content (AvgIpc) is 2.99. The molecule has 0 aromatic carbocycles. The monoisotopic (exact) mass is 405 g/mol. The minimum atomic E-state index is -0.0341. The van der Waals surface area contributed by atoms with Crippen LogP contribution in [-0.2, 0) is 24.2 Å². The third kappa shape index (κ3) is 4.29. The molecule has 1 amide bonds. The van der Waals surface area contributed by atoms with Crippen molar-refractivity contribution in [2.24, 2.45) is 5.92 Å². The molecule has 2 aromatic rings. The summed E-state index contributed by atoms with van der Waals surface area (Å²) >= 11 is 2.96. The van der Waals surface area contributed by atoms with Gasteiger partial charge in [0, 0.05) is 17.5 Å². The number of hydrogen-bond donors (Lipinski definition) is 1. The van der Waals surface area contributed by atoms with E-state index in [0.717, 1.165) is 35.9 Å². The van der Waals surface area contributed by atoms with Gasteiger partial charge in [-0.1, -0.05) is 31.7 Å². The lowest BCUT2D eigenvalue weighted by atomic mass is 9.89. The first-order valence-electron chi connectivity index (χ1n) is 9.52. The molecule has 2 heterocycles. The first-order chi connectivity index (χ1) is 12.9. The van der Waals surface area contributed by atoms with Crippen LogP contribution in [0.5, 0.6) is 0 Å². The molecule has 1 aliphatic rings. The maximum Gasteiger partial charge on any atom is 0.263 e. The molecule has 7 heteroatoms. The first-order valence-corrected chi connectivity index (χ1v) is 11.3. The normalized spacial score (nSPS) is 17.5. The van der Waals surface area contributed by atoms with Gasteiger partial charge in [-0.05, 0) is 44.1 Å². The fraction of sp³-hybridized carbons (Fsp3) is 0.550. The van der Waals surface area contributed by atoms with Crippen LogP contribution in [-0.4, -0.2) is 27.3 Å². The highest BCUT2D eigenvalue weighted by Gasteiger charge is 2.24. The summed E-state index contributed by atoms with van der Waals surface area (Å²) in [7, 11) is 0. The Kier molecular flexibility index (Phi) is 6.42. The molecule has 146 valence electrons. The zero-order chi connectivity index (χ0) is 19.6. The average molecular weight is 406 g/mol. The van der Waals surface area contributed by atoms with Gasteiger partial charge in [-0.15, -0.1) is 17.9 Å². The molecule has 0 aliphatic heterocycles. The molecule has 1 N–H and O–H groups in total. The zero-order valence-electron chi connectivity index (χ0n) is 16.2. The van der Waals surface area contributed by atoms with E-state index in [2.05, 4.69) is 18.8 Å². The number of amides is 1. The van der Waals surface area contributed by atoms with Crippen LogP contribution in [0, 0.1) is 5.92 Å². The van der Waals surface area contributed by atoms with Crippen LogP contribution in [0.1, 0.15) is 44.1 Å². The van der Waals surface area contributed by atoms with E-state index in [1.165, 1.54) is 22.2 Å². The number of aromatic nitrogens is 2. The summed E-state index contributed by atoms with van der Waals surface area (Å²) in [5, 5.41) is 4.33. The fourth-order valence-electron chi connectivity index (χ4n) is 3.35. The number of carbonyl (C=O) groups excluding carboxylic acids is 1. The summed E-state index contributed by atoms with van der Waals surface area (Å²) in [4.78, 5) is 32.2. The smallest absolute Gasteiger partial charge is 0.263 e. The molecule has 3 rings (SSSR count). The number of fused-ring (bicyclic) bond motifs is 3. The molecule has 5 nitrogen and oxygen atoms in total. The van der Waals surface area contributed by atoms with E-state index in [-0.39, 0.29) is 23.3 Å². The summed E-state index contributed by atoms with van der Waals surface area (Å²) in [5.74, 6) is 0.869. The van der Waals surface area contributed by atoms with Crippen molar-refractivity contribution in [1.82, 2.24) is 14.9 Å². The minimum Gasteiger partial charge on any atom is -0.353 e. The fourth-order valence-corrected chi connectivity index (χ4v) is 5.60. The summed E-state index contributed by atoms with van der Waals surface area (Å²) in [5.41, 5.74) is 1.19. The van der Waals surface area contributed by atoms with Crippen LogP contribution in [0.3, 0.4) is 0 Å². The molecule has 27 heavy (non-hydrogen) atoms. The Hall–Kier alpha value is -1.60. The predicted molar refractivity (Wildman–Crippen MR) is 114 cm³/mol. The van der Waals surface area contributed by atoms with Gasteiger partial charge < -0.3 is 5.32 Å². The van der Waals surface area contributed by atoms with E-state index < -0.39 is 0 Å². The van der Waals surface area contributed by atoms with Gasteiger partial charge in [-0.3, -0.25) is 14.2 Å². The highest BCUT2D eigenvalue weighted by atomic mass is 32.2. The van der Waals surface area contributed by atoms with Gasteiger partial charge in [0.05, 0.1) is 11.1 Å². The minimum absolute atomic E-state index is 0.00297. The van der Waals surface area contributed by atoms with Crippen molar-refractivity contribution in [3.05, 3.63) is 33.4 Å². The quantitative estimate of drug-likeness (QED) is 0.433. The van der Waals surface area contributed by atoms with Crippen LogP contribution < -0.4 is 10.9 Å². The van der Waals surface area contributed by atoms with Crippen LogP contribution in [0.15, 0.2) is 22.6 Å². The lowest BCUT2D eigenvalue weighted by molar-refractivity contribution is -0.119. The third-order valence-electron chi connectivity index (χ3n) is 5.04. The number of thiophene rings is 1. The van der Waals surface area contributed by atoms with Crippen molar-refractivity contribution < 1.29 is 4.79 Å². The first kappa shape index (κ1) is 20.1. The molecule has 0 fully saturated rings. The number of hydrogen-bond acceptors (Lipinski definition) is 5. The molecule has 0 radical (unpaired) electrons. The number of nitrogens with one attached hydrogen (secondary N) is 1. The third-order valence-corrected chi connectivity index (χ3v) is 7.17. The Labute approximate surface area is 168 Å². The van der Waals surface area contributed by atoms with E-state index >= 15 is 0 Å². The highest BCUT2D eigenvalue weighted by Crippen LogP contribution is 2.36. The van der Waals surface area contributed by atoms with E-state index in [0.29, 0.717) is 17.6 Å². The van der Waals surface area contributed by atoms with Crippen molar-refractivity contribution in [1.29, 1.82) is 0 Å². The number of carbonyl (C=O) groups is 1. The molecule has 2 aromatic heterocycles. The Balaban J connectivity index is 1.95. The van der Waals surface area contributed by atoms with E-state index in [1.54, 1.807) is 22.0 Å². The topological polar surface area (TPSA) is 64.0 Å². The van der Waals surface area contributed by atoms with E-state index in [4.69, 9.17) is 4.98 Å². The Morgan fingerprint density at radius 1 is 1.56 bits per heavy atom. The second-order valence-corrected chi connectivity index (χ2v) is 9.32. The summed E-state index contributed by atoms with van der Waals surface area (Å²) in [6.07, 6.45) is 5.69. The standard InChI is InChI=1S/C20H27N3O2S2/c1-5-9-23-19(25)17-14-8-7-12(3)10-15(14)27-18(17)22-20(23)26-11-16(24)21-13(4)6-2/h5,12-13H,1,6-11H2,2-4H3,(H,21,24)/t12-,13-/m0/s1. The Morgan fingerprint density at radius 3 is 3.04 bits per heavy atom. The second kappa shape index (κ2) is 8.61. The largest absolute Gasteiger partial charge is 0.353 e. The van der Waals surface area contributed by atoms with Crippen LogP contribution >= 0.6 is 23.1 Å². The van der Waals surface area contributed by atoms with Gasteiger partial charge in [-0.2, -0.15) is 0 Å². The molecule has 2 atom stereocenters. The van der Waals surface area contributed by atoms with Crippen molar-refractivity contribution in [3.8, 4) is 0 Å². The molecule has 0 unspecified atom stereocenters. The molecule has 1 aliphatic carbocycles. The summed E-state index contributed by atoms with van der Waals surface area (Å²) in [6.45, 7) is 10.5. The number of allylic oxidation sites excluding steroid dienone is 1. The van der Waals surface area contributed by atoms with Crippen LogP contribution in [0.2, 0.25) is 0 Å². The Morgan fingerprint density at radius 2 is 2.33 bits per heavy atom. The van der Waals surface area contributed by atoms with Gasteiger partial charge in [0.2, 0.25) is 5.91 Å².